The molecule has 1 aromatic heterocycles. The number of hydrogen-bond donors (Lipinski definition) is 2. The predicted octanol–water partition coefficient (Wildman–Crippen LogP) is 4.96. The maximum absolute atomic E-state index is 13.4. The molecule has 0 aliphatic heterocycles. The molecule has 6 rings (SSSR count). The Morgan fingerprint density at radius 2 is 1.78 bits per heavy atom. The minimum Gasteiger partial charge on any atom is -0.454 e. The van der Waals surface area contributed by atoms with E-state index < -0.39 is 24.5 Å². The van der Waals surface area contributed by atoms with E-state index in [-0.39, 0.29) is 17.2 Å². The quantitative estimate of drug-likeness (QED) is 0.491. The number of nitrogens with one attached hydrogen (secondary N) is 2. The zero-order valence-electron chi connectivity index (χ0n) is 21.2. The molecule has 0 unspecified atom stereocenters. The van der Waals surface area contributed by atoms with E-state index in [0.717, 1.165) is 35.5 Å². The second-order valence-corrected chi connectivity index (χ2v) is 12.4. The van der Waals surface area contributed by atoms with Crippen molar-refractivity contribution in [1.29, 1.82) is 0 Å². The van der Waals surface area contributed by atoms with Crippen molar-refractivity contribution < 1.29 is 19.1 Å². The largest absolute Gasteiger partial charge is 0.454 e. The summed E-state index contributed by atoms with van der Waals surface area (Å²) in [5.74, 6) is 0.803. The summed E-state index contributed by atoms with van der Waals surface area (Å²) in [7, 11) is 0. The van der Waals surface area contributed by atoms with Crippen LogP contribution in [0.3, 0.4) is 0 Å². The molecule has 4 aliphatic rings. The lowest BCUT2D eigenvalue weighted by Crippen LogP contribution is -2.57. The van der Waals surface area contributed by atoms with E-state index in [9.17, 15) is 14.4 Å². The van der Waals surface area contributed by atoms with Crippen LogP contribution < -0.4 is 10.6 Å². The fourth-order valence-electron chi connectivity index (χ4n) is 6.86. The van der Waals surface area contributed by atoms with Crippen molar-refractivity contribution in [1.82, 2.24) is 10.3 Å². The number of rotatable bonds is 8. The van der Waals surface area contributed by atoms with Crippen LogP contribution in [0.1, 0.15) is 57.4 Å². The van der Waals surface area contributed by atoms with Gasteiger partial charge in [-0.1, -0.05) is 26.0 Å². The van der Waals surface area contributed by atoms with Crippen LogP contribution in [0.2, 0.25) is 0 Å². The van der Waals surface area contributed by atoms with Crippen LogP contribution in [0.4, 0.5) is 5.69 Å². The Kier molecular flexibility index (Phi) is 6.90. The van der Waals surface area contributed by atoms with E-state index >= 15 is 0 Å². The minimum atomic E-state index is -0.769. The zero-order chi connectivity index (χ0) is 25.4. The molecule has 1 aromatic carbocycles. The van der Waals surface area contributed by atoms with Crippen molar-refractivity contribution in [2.75, 3.05) is 11.9 Å². The summed E-state index contributed by atoms with van der Waals surface area (Å²) in [4.78, 5) is 43.4. The van der Waals surface area contributed by atoms with Crippen LogP contribution in [0, 0.1) is 36.0 Å². The molecule has 2 amide bonds. The zero-order valence-corrected chi connectivity index (χ0v) is 22.0. The lowest BCUT2D eigenvalue weighted by molar-refractivity contribution is -0.156. The van der Waals surface area contributed by atoms with Crippen molar-refractivity contribution in [3.63, 3.8) is 0 Å². The van der Waals surface area contributed by atoms with Gasteiger partial charge in [0, 0.05) is 22.0 Å². The molecule has 4 fully saturated rings. The summed E-state index contributed by atoms with van der Waals surface area (Å²) in [6, 6.07) is 6.64. The van der Waals surface area contributed by atoms with Gasteiger partial charge in [-0.3, -0.25) is 9.59 Å². The number of esters is 1. The topological polar surface area (TPSA) is 97.4 Å². The summed E-state index contributed by atoms with van der Waals surface area (Å²) in [5.41, 5.74) is 2.03. The fraction of sp³-hybridized carbons (Fsp3) is 0.571. The number of anilines is 1. The number of carbonyl (C=O) groups is 3. The molecule has 2 aromatic rings. The number of ether oxygens (including phenoxy) is 1. The molecule has 0 saturated heterocycles. The number of aryl methyl sites for hydroxylation is 1. The monoisotopic (exact) mass is 509 g/mol. The van der Waals surface area contributed by atoms with Crippen molar-refractivity contribution >= 4 is 34.8 Å². The third-order valence-electron chi connectivity index (χ3n) is 8.13. The minimum absolute atomic E-state index is 0.00390. The average molecular weight is 510 g/mol. The Morgan fingerprint density at radius 3 is 2.36 bits per heavy atom. The number of nitrogens with zero attached hydrogens (tertiary/aromatic N) is 1. The number of aromatic nitrogens is 1. The summed E-state index contributed by atoms with van der Waals surface area (Å²) in [6.07, 6.45) is 6.57. The molecular weight excluding hydrogens is 474 g/mol. The summed E-state index contributed by atoms with van der Waals surface area (Å²) in [5, 5.41) is 8.75. The van der Waals surface area contributed by atoms with Gasteiger partial charge in [0.1, 0.15) is 6.04 Å². The van der Waals surface area contributed by atoms with Gasteiger partial charge < -0.3 is 15.4 Å². The molecule has 4 bridgehead atoms. The fourth-order valence-corrected chi connectivity index (χ4v) is 7.48. The van der Waals surface area contributed by atoms with Crippen molar-refractivity contribution in [3.8, 4) is 11.3 Å². The highest BCUT2D eigenvalue weighted by Crippen LogP contribution is 2.60. The van der Waals surface area contributed by atoms with E-state index in [0.29, 0.717) is 23.4 Å². The van der Waals surface area contributed by atoms with Crippen molar-refractivity contribution in [3.05, 3.63) is 34.7 Å². The third kappa shape index (κ3) is 5.19. The molecule has 8 heteroatoms. The van der Waals surface area contributed by atoms with Crippen molar-refractivity contribution in [2.24, 2.45) is 29.1 Å². The van der Waals surface area contributed by atoms with Crippen LogP contribution in [0.15, 0.2) is 29.6 Å². The van der Waals surface area contributed by atoms with E-state index in [1.54, 1.807) is 17.4 Å². The lowest BCUT2D eigenvalue weighted by atomic mass is 9.49. The molecule has 36 heavy (non-hydrogen) atoms. The second-order valence-electron chi connectivity index (χ2n) is 11.4. The van der Waals surface area contributed by atoms with Gasteiger partial charge in [-0.05, 0) is 81.3 Å². The van der Waals surface area contributed by atoms with E-state index in [4.69, 9.17) is 4.74 Å². The normalized spacial score (nSPS) is 27.1. The van der Waals surface area contributed by atoms with Crippen LogP contribution >= 0.6 is 11.3 Å². The van der Waals surface area contributed by atoms with E-state index in [1.165, 1.54) is 19.3 Å². The first kappa shape index (κ1) is 24.9. The van der Waals surface area contributed by atoms with Crippen LogP contribution in [-0.4, -0.2) is 35.4 Å². The van der Waals surface area contributed by atoms with Gasteiger partial charge in [0.05, 0.1) is 10.7 Å². The van der Waals surface area contributed by atoms with Gasteiger partial charge in [-0.2, -0.15) is 0 Å². The highest BCUT2D eigenvalue weighted by atomic mass is 32.1. The van der Waals surface area contributed by atoms with Gasteiger partial charge >= 0.3 is 5.97 Å². The molecule has 1 heterocycles. The second kappa shape index (κ2) is 9.96. The first-order valence-corrected chi connectivity index (χ1v) is 13.9. The Morgan fingerprint density at radius 1 is 1.11 bits per heavy atom. The van der Waals surface area contributed by atoms with Gasteiger partial charge in [0.15, 0.2) is 6.61 Å². The molecule has 2 N–H and O–H groups in total. The smallest absolute Gasteiger partial charge is 0.329 e. The molecule has 1 atom stereocenters. The number of amides is 2. The highest BCUT2D eigenvalue weighted by molar-refractivity contribution is 7.09. The highest BCUT2D eigenvalue weighted by Gasteiger charge is 2.55. The first-order valence-electron chi connectivity index (χ1n) is 13.0. The molecule has 0 spiro atoms. The molecule has 4 aliphatic carbocycles. The number of benzene rings is 1. The van der Waals surface area contributed by atoms with E-state index in [2.05, 4.69) is 15.6 Å². The number of carbonyl (C=O) groups excluding carboxylic acids is 3. The van der Waals surface area contributed by atoms with Gasteiger partial charge in [-0.25, -0.2) is 9.78 Å². The Labute approximate surface area is 216 Å². The SMILES string of the molecule is Cc1nc(-c2cccc(NC(=O)COC(=O)[C@@H](NC(=O)C34CC5CC(CC(C5)C3)C4)C(C)C)c2)cs1. The molecule has 192 valence electrons. The Bertz CT molecular complexity index is 1120. The van der Waals surface area contributed by atoms with Crippen molar-refractivity contribution in [2.45, 2.75) is 65.3 Å². The Balaban J connectivity index is 1.16. The van der Waals surface area contributed by atoms with E-state index in [1.807, 2.05) is 44.4 Å². The maximum atomic E-state index is 13.4. The number of hydrogen-bond acceptors (Lipinski definition) is 6. The summed E-state index contributed by atoms with van der Waals surface area (Å²) < 4.78 is 5.36. The van der Waals surface area contributed by atoms with Crippen LogP contribution in [-0.2, 0) is 19.1 Å². The predicted molar refractivity (Wildman–Crippen MR) is 139 cm³/mol. The molecule has 7 nitrogen and oxygen atoms in total. The van der Waals surface area contributed by atoms with Crippen LogP contribution in [0.5, 0.6) is 0 Å². The number of thiazole rings is 1. The molecule has 0 radical (unpaired) electrons. The van der Waals surface area contributed by atoms with Gasteiger partial charge in [0.2, 0.25) is 5.91 Å². The average Bonchev–Trinajstić information content (AvgIpc) is 3.26. The Hall–Kier alpha value is -2.74. The lowest BCUT2D eigenvalue weighted by Gasteiger charge is -2.55. The van der Waals surface area contributed by atoms with Gasteiger partial charge in [0.25, 0.3) is 5.91 Å². The van der Waals surface area contributed by atoms with Gasteiger partial charge in [-0.15, -0.1) is 11.3 Å². The first-order chi connectivity index (χ1) is 17.2. The van der Waals surface area contributed by atoms with Crippen LogP contribution in [0.25, 0.3) is 11.3 Å². The standard InChI is InChI=1S/C28H35N3O4S/c1-16(2)25(31-27(34)28-11-18-7-19(12-28)9-20(8-18)13-28)26(33)35-14-24(32)30-22-6-4-5-21(10-22)23-15-36-17(3)29-23/h4-6,10,15-16,18-20,25H,7-9,11-14H2,1-3H3,(H,30,32)(H,31,34)/t18?,19?,20?,25-,28?/m0/s1. The summed E-state index contributed by atoms with van der Waals surface area (Å²) >= 11 is 1.57. The summed E-state index contributed by atoms with van der Waals surface area (Å²) in [6.45, 7) is 5.31. The molecule has 4 saturated carbocycles. The molecular formula is C28H35N3O4S. The maximum Gasteiger partial charge on any atom is 0.329 e. The third-order valence-corrected chi connectivity index (χ3v) is 8.91.